The molecule has 0 saturated heterocycles. The summed E-state index contributed by atoms with van der Waals surface area (Å²) in [6.07, 6.45) is 10.6. The summed E-state index contributed by atoms with van der Waals surface area (Å²) in [6.45, 7) is 0. The second-order valence-electron chi connectivity index (χ2n) is 7.14. The third-order valence-corrected chi connectivity index (χ3v) is 6.53. The molecule has 2 aliphatic rings. The largest absolute Gasteiger partial charge is 0.326 e. The van der Waals surface area contributed by atoms with E-state index in [0.29, 0.717) is 11.2 Å². The molecule has 0 spiro atoms. The lowest BCUT2D eigenvalue weighted by molar-refractivity contribution is -0.131. The highest BCUT2D eigenvalue weighted by atomic mass is 32.2. The Kier molecular flexibility index (Phi) is 5.94. The molecule has 2 fully saturated rings. The van der Waals surface area contributed by atoms with Crippen LogP contribution < -0.4 is 0 Å². The predicted octanol–water partition coefficient (Wildman–Crippen LogP) is 2.96. The summed E-state index contributed by atoms with van der Waals surface area (Å²) >= 11 is 1.38. The van der Waals surface area contributed by atoms with Crippen LogP contribution in [0.1, 0.15) is 70.3 Å². The van der Waals surface area contributed by atoms with Crippen LogP contribution in [0.4, 0.5) is 0 Å². The normalized spacial score (nSPS) is 20.8. The number of amides is 1. The van der Waals surface area contributed by atoms with Gasteiger partial charge in [0.2, 0.25) is 11.1 Å². The number of carbonyl (C=O) groups is 1. The van der Waals surface area contributed by atoms with Gasteiger partial charge in [-0.15, -0.1) is 5.10 Å². The first kappa shape index (κ1) is 18.2. The molecule has 0 N–H and O–H groups in total. The molecular formula is C17H26N6OS. The zero-order valence-electron chi connectivity index (χ0n) is 14.9. The van der Waals surface area contributed by atoms with Gasteiger partial charge in [0.25, 0.3) is 0 Å². The average Bonchev–Trinajstić information content (AvgIpc) is 3.15. The number of carbonyl (C=O) groups excluding carboxylic acids is 1. The van der Waals surface area contributed by atoms with Crippen LogP contribution in [0.15, 0.2) is 5.16 Å². The van der Waals surface area contributed by atoms with E-state index in [4.69, 9.17) is 0 Å². The molecule has 1 aromatic heterocycles. The lowest BCUT2D eigenvalue weighted by atomic mass is 9.81. The third kappa shape index (κ3) is 3.97. The van der Waals surface area contributed by atoms with E-state index in [2.05, 4.69) is 21.6 Å². The molecule has 8 heteroatoms. The van der Waals surface area contributed by atoms with Crippen molar-refractivity contribution < 1.29 is 4.79 Å². The van der Waals surface area contributed by atoms with Gasteiger partial charge < -0.3 is 4.90 Å². The number of hydrogen-bond acceptors (Lipinski definition) is 6. The molecule has 2 aliphatic carbocycles. The van der Waals surface area contributed by atoms with Crippen LogP contribution in [0, 0.1) is 11.3 Å². The third-order valence-electron chi connectivity index (χ3n) is 5.61. The first-order valence-electron chi connectivity index (χ1n) is 9.25. The Morgan fingerprint density at radius 1 is 1.28 bits per heavy atom. The van der Waals surface area contributed by atoms with E-state index in [1.54, 1.807) is 11.9 Å². The fourth-order valence-corrected chi connectivity index (χ4v) is 4.81. The van der Waals surface area contributed by atoms with Gasteiger partial charge in [0, 0.05) is 7.05 Å². The lowest BCUT2D eigenvalue weighted by Gasteiger charge is -2.39. The van der Waals surface area contributed by atoms with Crippen LogP contribution in [0.3, 0.4) is 0 Å². The molecule has 0 aliphatic heterocycles. The van der Waals surface area contributed by atoms with Crippen LogP contribution in [-0.4, -0.2) is 49.4 Å². The van der Waals surface area contributed by atoms with Crippen molar-refractivity contribution in [3.63, 3.8) is 0 Å². The van der Waals surface area contributed by atoms with Crippen LogP contribution in [0.5, 0.6) is 0 Å². The van der Waals surface area contributed by atoms with Gasteiger partial charge in [0.15, 0.2) is 0 Å². The van der Waals surface area contributed by atoms with Gasteiger partial charge in [0.05, 0.1) is 17.9 Å². The summed E-state index contributed by atoms with van der Waals surface area (Å²) in [5.74, 6) is 0.249. The van der Waals surface area contributed by atoms with Crippen LogP contribution >= 0.6 is 11.8 Å². The smallest absolute Gasteiger partial charge is 0.234 e. The standard InChI is InChI=1S/C17H26N6OS/c1-22(17(13-18)10-6-3-7-11-17)15(24)12-25-16-19-20-21-23(16)14-8-4-2-5-9-14/h14H,2-12H2,1H3. The van der Waals surface area contributed by atoms with E-state index < -0.39 is 5.54 Å². The molecule has 0 unspecified atom stereocenters. The monoisotopic (exact) mass is 362 g/mol. The van der Waals surface area contributed by atoms with E-state index in [-0.39, 0.29) is 11.7 Å². The molecule has 0 bridgehead atoms. The molecule has 136 valence electrons. The van der Waals surface area contributed by atoms with Crippen molar-refractivity contribution in [3.8, 4) is 6.07 Å². The fraction of sp³-hybridized carbons (Fsp3) is 0.824. The quantitative estimate of drug-likeness (QED) is 0.748. The minimum atomic E-state index is -0.634. The SMILES string of the molecule is CN(C(=O)CSc1nnnn1C1CCCCC1)C1(C#N)CCCCC1. The number of hydrogen-bond donors (Lipinski definition) is 0. The molecule has 2 saturated carbocycles. The molecular weight excluding hydrogens is 336 g/mol. The number of nitriles is 1. The highest BCUT2D eigenvalue weighted by Gasteiger charge is 2.38. The summed E-state index contributed by atoms with van der Waals surface area (Å²) in [7, 11) is 1.77. The van der Waals surface area contributed by atoms with Crippen molar-refractivity contribution >= 4 is 17.7 Å². The highest BCUT2D eigenvalue weighted by molar-refractivity contribution is 7.99. The minimum Gasteiger partial charge on any atom is -0.326 e. The molecule has 1 amide bonds. The Bertz CT molecular complexity index is 627. The van der Waals surface area contributed by atoms with Crippen LogP contribution in [0.25, 0.3) is 0 Å². The van der Waals surface area contributed by atoms with Gasteiger partial charge in [-0.05, 0) is 36.1 Å². The fourth-order valence-electron chi connectivity index (χ4n) is 3.96. The lowest BCUT2D eigenvalue weighted by Crippen LogP contribution is -2.50. The molecule has 1 heterocycles. The molecule has 0 atom stereocenters. The Morgan fingerprint density at radius 2 is 1.96 bits per heavy atom. The van der Waals surface area contributed by atoms with E-state index >= 15 is 0 Å². The second-order valence-corrected chi connectivity index (χ2v) is 8.09. The zero-order chi connectivity index (χ0) is 17.7. The maximum absolute atomic E-state index is 12.7. The minimum absolute atomic E-state index is 0.0216. The Balaban J connectivity index is 1.61. The zero-order valence-corrected chi connectivity index (χ0v) is 15.7. The topological polar surface area (TPSA) is 87.7 Å². The number of rotatable bonds is 5. The van der Waals surface area contributed by atoms with Crippen molar-refractivity contribution in [2.24, 2.45) is 0 Å². The first-order chi connectivity index (χ1) is 12.2. The highest BCUT2D eigenvalue weighted by Crippen LogP contribution is 2.34. The average molecular weight is 363 g/mol. The van der Waals surface area contributed by atoms with Crippen LogP contribution in [0.2, 0.25) is 0 Å². The molecule has 1 aromatic rings. The Morgan fingerprint density at radius 3 is 2.64 bits per heavy atom. The number of thioether (sulfide) groups is 1. The summed E-state index contributed by atoms with van der Waals surface area (Å²) in [4.78, 5) is 14.3. The van der Waals surface area contributed by atoms with Gasteiger partial charge in [-0.2, -0.15) is 5.26 Å². The maximum Gasteiger partial charge on any atom is 0.234 e. The summed E-state index contributed by atoms with van der Waals surface area (Å²) in [5, 5.41) is 22.4. The van der Waals surface area contributed by atoms with Gasteiger partial charge in [-0.1, -0.05) is 50.3 Å². The van der Waals surface area contributed by atoms with Gasteiger partial charge in [-0.3, -0.25) is 4.79 Å². The first-order valence-corrected chi connectivity index (χ1v) is 10.2. The van der Waals surface area contributed by atoms with E-state index in [0.717, 1.165) is 44.9 Å². The second kappa shape index (κ2) is 8.17. The number of aromatic nitrogens is 4. The van der Waals surface area contributed by atoms with Crippen molar-refractivity contribution in [2.75, 3.05) is 12.8 Å². The van der Waals surface area contributed by atoms with Gasteiger partial charge >= 0.3 is 0 Å². The van der Waals surface area contributed by atoms with Crippen molar-refractivity contribution in [2.45, 2.75) is 80.9 Å². The number of tetrazole rings is 1. The molecule has 3 rings (SSSR count). The van der Waals surface area contributed by atoms with Crippen LogP contribution in [-0.2, 0) is 4.79 Å². The molecule has 7 nitrogen and oxygen atoms in total. The maximum atomic E-state index is 12.7. The molecule has 0 aromatic carbocycles. The Labute approximate surface area is 153 Å². The Hall–Kier alpha value is -1.62. The predicted molar refractivity (Wildman–Crippen MR) is 94.9 cm³/mol. The molecule has 25 heavy (non-hydrogen) atoms. The van der Waals surface area contributed by atoms with Gasteiger partial charge in [0.1, 0.15) is 5.54 Å². The summed E-state index contributed by atoms with van der Waals surface area (Å²) < 4.78 is 1.89. The molecule has 0 radical (unpaired) electrons. The summed E-state index contributed by atoms with van der Waals surface area (Å²) in [6, 6.07) is 2.75. The van der Waals surface area contributed by atoms with E-state index in [1.807, 2.05) is 4.68 Å². The van der Waals surface area contributed by atoms with E-state index in [9.17, 15) is 10.1 Å². The summed E-state index contributed by atoms with van der Waals surface area (Å²) in [5.41, 5.74) is -0.634. The van der Waals surface area contributed by atoms with Crippen molar-refractivity contribution in [3.05, 3.63) is 0 Å². The van der Waals surface area contributed by atoms with E-state index in [1.165, 1.54) is 31.0 Å². The van der Waals surface area contributed by atoms with Crippen molar-refractivity contribution in [1.29, 1.82) is 5.26 Å². The van der Waals surface area contributed by atoms with Gasteiger partial charge in [-0.25, -0.2) is 4.68 Å². The number of nitrogens with zero attached hydrogens (tertiary/aromatic N) is 6. The van der Waals surface area contributed by atoms with Crippen molar-refractivity contribution in [1.82, 2.24) is 25.1 Å².